The number of aryl methyl sites for hydroxylation is 1. The number of rotatable bonds is 5. The van der Waals surface area contributed by atoms with E-state index in [0.29, 0.717) is 39.4 Å². The third-order valence-electron chi connectivity index (χ3n) is 5.28. The molecule has 0 aliphatic carbocycles. The minimum atomic E-state index is -0.696. The first-order chi connectivity index (χ1) is 15.3. The lowest BCUT2D eigenvalue weighted by molar-refractivity contribution is -0.137. The van der Waals surface area contributed by atoms with E-state index >= 15 is 0 Å². The summed E-state index contributed by atoms with van der Waals surface area (Å²) in [7, 11) is 2.58. The van der Waals surface area contributed by atoms with Crippen LogP contribution in [0.5, 0.6) is 5.75 Å². The van der Waals surface area contributed by atoms with Gasteiger partial charge in [0.15, 0.2) is 0 Å². The van der Waals surface area contributed by atoms with Crippen molar-refractivity contribution >= 4 is 17.9 Å². The van der Waals surface area contributed by atoms with E-state index in [4.69, 9.17) is 14.2 Å². The van der Waals surface area contributed by atoms with Gasteiger partial charge >= 0.3 is 17.9 Å². The van der Waals surface area contributed by atoms with Crippen LogP contribution in [0.25, 0.3) is 0 Å². The number of hydrogen-bond donors (Lipinski definition) is 1. The molecule has 0 aromatic heterocycles. The number of methoxy groups -OCH3 is 2. The summed E-state index contributed by atoms with van der Waals surface area (Å²) in [5, 5.41) is 3.06. The monoisotopic (exact) mass is 435 g/mol. The minimum Gasteiger partial charge on any atom is -0.466 e. The van der Waals surface area contributed by atoms with E-state index in [1.54, 1.807) is 50.2 Å². The van der Waals surface area contributed by atoms with Crippen LogP contribution in [-0.2, 0) is 19.1 Å². The average Bonchev–Trinajstić information content (AvgIpc) is 2.78. The predicted molar refractivity (Wildman–Crippen MR) is 118 cm³/mol. The fourth-order valence-corrected chi connectivity index (χ4v) is 3.67. The Morgan fingerprint density at radius 2 is 1.22 bits per heavy atom. The molecule has 32 heavy (non-hydrogen) atoms. The van der Waals surface area contributed by atoms with Gasteiger partial charge < -0.3 is 19.5 Å². The van der Waals surface area contributed by atoms with Crippen molar-refractivity contribution in [2.24, 2.45) is 0 Å². The first-order valence-corrected chi connectivity index (χ1v) is 10.0. The Balaban J connectivity index is 1.95. The number of esters is 3. The summed E-state index contributed by atoms with van der Waals surface area (Å²) in [5.41, 5.74) is 3.93. The second-order valence-electron chi connectivity index (χ2n) is 7.44. The van der Waals surface area contributed by atoms with E-state index < -0.39 is 23.8 Å². The zero-order chi connectivity index (χ0) is 23.4. The Morgan fingerprint density at radius 1 is 0.719 bits per heavy atom. The maximum absolute atomic E-state index is 12.6. The molecule has 1 aliphatic rings. The van der Waals surface area contributed by atoms with Gasteiger partial charge in [-0.3, -0.25) is 0 Å². The van der Waals surface area contributed by atoms with Crippen LogP contribution < -0.4 is 10.1 Å². The second kappa shape index (κ2) is 9.51. The highest BCUT2D eigenvalue weighted by molar-refractivity contribution is 5.99. The summed E-state index contributed by atoms with van der Waals surface area (Å²) in [5.74, 6) is -1.93. The molecule has 1 N–H and O–H groups in total. The molecule has 0 radical (unpaired) electrons. The molecule has 2 aromatic rings. The summed E-state index contributed by atoms with van der Waals surface area (Å²) in [4.78, 5) is 37.5. The topological polar surface area (TPSA) is 90.9 Å². The largest absolute Gasteiger partial charge is 0.466 e. The van der Waals surface area contributed by atoms with E-state index in [9.17, 15) is 14.4 Å². The summed E-state index contributed by atoms with van der Waals surface area (Å²) < 4.78 is 15.4. The number of nitrogens with one attached hydrogen (secondary N) is 1. The quantitative estimate of drug-likeness (QED) is 0.564. The number of carbonyl (C=O) groups excluding carboxylic acids is 3. The number of allylic oxidation sites excluding steroid dienone is 2. The lowest BCUT2D eigenvalue weighted by Gasteiger charge is -2.30. The van der Waals surface area contributed by atoms with Crippen LogP contribution in [0.1, 0.15) is 41.3 Å². The molecule has 7 nitrogen and oxygen atoms in total. The summed E-state index contributed by atoms with van der Waals surface area (Å²) in [6.45, 7) is 5.43. The fourth-order valence-electron chi connectivity index (χ4n) is 3.67. The van der Waals surface area contributed by atoms with Crippen LogP contribution in [0.3, 0.4) is 0 Å². The van der Waals surface area contributed by atoms with Gasteiger partial charge in [0.1, 0.15) is 5.75 Å². The van der Waals surface area contributed by atoms with Gasteiger partial charge in [0.25, 0.3) is 0 Å². The highest BCUT2D eigenvalue weighted by Crippen LogP contribution is 2.39. The van der Waals surface area contributed by atoms with Crippen LogP contribution in [0, 0.1) is 6.92 Å². The van der Waals surface area contributed by atoms with E-state index in [2.05, 4.69) is 5.32 Å². The summed E-state index contributed by atoms with van der Waals surface area (Å²) in [6.07, 6.45) is 0. The molecule has 7 heteroatoms. The zero-order valence-electron chi connectivity index (χ0n) is 18.6. The SMILES string of the molecule is COC(=O)C1=C(C)NC(C)=C(C(=O)OC)C1c1ccc(OC(=O)c2ccc(C)cc2)cc1. The number of ether oxygens (including phenoxy) is 3. The molecule has 0 bridgehead atoms. The van der Waals surface area contributed by atoms with Crippen molar-refractivity contribution in [3.8, 4) is 5.75 Å². The molecule has 2 aromatic carbocycles. The number of carbonyl (C=O) groups is 3. The molecule has 0 saturated carbocycles. The normalized spacial score (nSPS) is 14.0. The van der Waals surface area contributed by atoms with Crippen molar-refractivity contribution in [2.45, 2.75) is 26.7 Å². The average molecular weight is 435 g/mol. The van der Waals surface area contributed by atoms with Crippen molar-refractivity contribution in [1.29, 1.82) is 0 Å². The first kappa shape index (κ1) is 22.8. The minimum absolute atomic E-state index is 0.308. The Morgan fingerprint density at radius 3 is 1.69 bits per heavy atom. The molecular weight excluding hydrogens is 410 g/mol. The van der Waals surface area contributed by atoms with Crippen molar-refractivity contribution < 1.29 is 28.6 Å². The van der Waals surface area contributed by atoms with Crippen molar-refractivity contribution in [1.82, 2.24) is 5.32 Å². The van der Waals surface area contributed by atoms with Gasteiger partial charge in [0, 0.05) is 11.4 Å². The molecule has 3 rings (SSSR count). The van der Waals surface area contributed by atoms with E-state index in [0.717, 1.165) is 5.56 Å². The van der Waals surface area contributed by atoms with Crippen LogP contribution in [-0.4, -0.2) is 32.1 Å². The standard InChI is InChI=1S/C25H25NO6/c1-14-6-8-18(9-7-14)23(27)32-19-12-10-17(11-13-19)22-20(24(28)30-4)15(2)26-16(3)21(22)25(29)31-5/h6-13,22,26H,1-5H3. The van der Waals surface area contributed by atoms with Crippen molar-refractivity contribution in [3.63, 3.8) is 0 Å². The molecule has 0 fully saturated rings. The summed E-state index contributed by atoms with van der Waals surface area (Å²) >= 11 is 0. The third kappa shape index (κ3) is 4.56. The Labute approximate surface area is 186 Å². The number of hydrogen-bond acceptors (Lipinski definition) is 7. The van der Waals surface area contributed by atoms with Crippen LogP contribution in [0.2, 0.25) is 0 Å². The molecular formula is C25H25NO6. The van der Waals surface area contributed by atoms with Gasteiger partial charge in [0.2, 0.25) is 0 Å². The third-order valence-corrected chi connectivity index (χ3v) is 5.28. The lowest BCUT2D eigenvalue weighted by Crippen LogP contribution is -2.32. The molecule has 0 unspecified atom stereocenters. The van der Waals surface area contributed by atoms with Gasteiger partial charge in [-0.15, -0.1) is 0 Å². The first-order valence-electron chi connectivity index (χ1n) is 10.0. The van der Waals surface area contributed by atoms with Gasteiger partial charge in [0.05, 0.1) is 36.8 Å². The fraction of sp³-hybridized carbons (Fsp3) is 0.240. The smallest absolute Gasteiger partial charge is 0.343 e. The van der Waals surface area contributed by atoms with E-state index in [1.807, 2.05) is 19.1 Å². The van der Waals surface area contributed by atoms with Gasteiger partial charge in [-0.05, 0) is 50.6 Å². The Kier molecular flexibility index (Phi) is 6.78. The number of dihydropyridines is 1. The lowest BCUT2D eigenvalue weighted by atomic mass is 9.80. The molecule has 0 atom stereocenters. The maximum Gasteiger partial charge on any atom is 0.343 e. The van der Waals surface area contributed by atoms with Gasteiger partial charge in [-0.2, -0.15) is 0 Å². The van der Waals surface area contributed by atoms with Gasteiger partial charge in [-0.1, -0.05) is 29.8 Å². The van der Waals surface area contributed by atoms with Crippen LogP contribution >= 0.6 is 0 Å². The highest BCUT2D eigenvalue weighted by atomic mass is 16.5. The number of benzene rings is 2. The zero-order valence-corrected chi connectivity index (χ0v) is 18.6. The van der Waals surface area contributed by atoms with Crippen molar-refractivity contribution in [2.75, 3.05) is 14.2 Å². The molecule has 0 amide bonds. The molecule has 1 heterocycles. The van der Waals surface area contributed by atoms with Crippen LogP contribution in [0.15, 0.2) is 71.1 Å². The van der Waals surface area contributed by atoms with Gasteiger partial charge in [-0.25, -0.2) is 14.4 Å². The predicted octanol–water partition coefficient (Wildman–Crippen LogP) is 3.80. The Bertz CT molecular complexity index is 1070. The van der Waals surface area contributed by atoms with Crippen molar-refractivity contribution in [3.05, 3.63) is 87.8 Å². The molecule has 166 valence electrons. The van der Waals surface area contributed by atoms with E-state index in [-0.39, 0.29) is 0 Å². The Hall–Kier alpha value is -3.87. The molecule has 0 saturated heterocycles. The second-order valence-corrected chi connectivity index (χ2v) is 7.44. The molecule has 0 spiro atoms. The van der Waals surface area contributed by atoms with E-state index in [1.165, 1.54) is 14.2 Å². The molecule has 1 aliphatic heterocycles. The van der Waals surface area contributed by atoms with Crippen LogP contribution in [0.4, 0.5) is 0 Å². The highest BCUT2D eigenvalue weighted by Gasteiger charge is 2.37. The summed E-state index contributed by atoms with van der Waals surface area (Å²) in [6, 6.07) is 13.7. The maximum atomic E-state index is 12.6.